The van der Waals surface area contributed by atoms with Gasteiger partial charge in [0.05, 0.1) is 5.02 Å². The Labute approximate surface area is 123 Å². The van der Waals surface area contributed by atoms with E-state index in [4.69, 9.17) is 22.5 Å². The summed E-state index contributed by atoms with van der Waals surface area (Å²) in [7, 11) is 0. The van der Waals surface area contributed by atoms with Crippen molar-refractivity contribution in [2.75, 3.05) is 0 Å². The van der Waals surface area contributed by atoms with Gasteiger partial charge in [0.1, 0.15) is 11.6 Å². The molecule has 7 heteroatoms. The van der Waals surface area contributed by atoms with Gasteiger partial charge in [0.15, 0.2) is 5.84 Å². The minimum atomic E-state index is -0.647. The zero-order valence-electron chi connectivity index (χ0n) is 9.98. The first-order valence-corrected chi connectivity index (χ1v) is 6.61. The van der Waals surface area contributed by atoms with Crippen LogP contribution in [0, 0.1) is 11.6 Å². The molecule has 0 bridgehead atoms. The second-order valence-electron chi connectivity index (χ2n) is 3.80. The summed E-state index contributed by atoms with van der Waals surface area (Å²) < 4.78 is 26.3. The lowest BCUT2D eigenvalue weighted by molar-refractivity contribution is 0.318. The highest BCUT2D eigenvalue weighted by Gasteiger charge is 2.09. The van der Waals surface area contributed by atoms with Crippen LogP contribution in [0.2, 0.25) is 5.02 Å². The van der Waals surface area contributed by atoms with E-state index in [2.05, 4.69) is 5.16 Å². The molecular weight excluding hydrogens is 306 g/mol. The van der Waals surface area contributed by atoms with E-state index >= 15 is 0 Å². The van der Waals surface area contributed by atoms with Crippen LogP contribution in [0.3, 0.4) is 0 Å². The Balaban J connectivity index is 2.29. The molecule has 0 spiro atoms. The van der Waals surface area contributed by atoms with Crippen LogP contribution < -0.4 is 5.73 Å². The topological polar surface area (TPSA) is 58.6 Å². The normalized spacial score (nSPS) is 11.7. The van der Waals surface area contributed by atoms with Crippen LogP contribution in [0.4, 0.5) is 8.78 Å². The summed E-state index contributed by atoms with van der Waals surface area (Å²) in [5.41, 5.74) is 5.82. The molecule has 2 rings (SSSR count). The van der Waals surface area contributed by atoms with Crippen LogP contribution in [0.25, 0.3) is 0 Å². The summed E-state index contributed by atoms with van der Waals surface area (Å²) in [5.74, 6) is -1.39. The number of hydrogen-bond acceptors (Lipinski definition) is 3. The molecule has 0 heterocycles. The van der Waals surface area contributed by atoms with Crippen LogP contribution in [-0.4, -0.2) is 11.0 Å². The summed E-state index contributed by atoms with van der Waals surface area (Å²) in [6.07, 6.45) is 0. The SMILES string of the molecule is NC(=NO)c1ccc(Sc2ccc(F)cc2F)cc1Cl. The van der Waals surface area contributed by atoms with Crippen LogP contribution >= 0.6 is 23.4 Å². The van der Waals surface area contributed by atoms with Gasteiger partial charge >= 0.3 is 0 Å². The molecule has 0 aliphatic rings. The summed E-state index contributed by atoms with van der Waals surface area (Å²) in [5, 5.41) is 11.7. The van der Waals surface area contributed by atoms with Crippen molar-refractivity contribution in [1.82, 2.24) is 0 Å². The van der Waals surface area contributed by atoms with E-state index < -0.39 is 11.6 Å². The maximum atomic E-state index is 13.5. The van der Waals surface area contributed by atoms with Crippen molar-refractivity contribution < 1.29 is 14.0 Å². The van der Waals surface area contributed by atoms with Crippen molar-refractivity contribution in [1.29, 1.82) is 0 Å². The fraction of sp³-hybridized carbons (Fsp3) is 0. The quantitative estimate of drug-likeness (QED) is 0.391. The summed E-state index contributed by atoms with van der Waals surface area (Å²) in [4.78, 5) is 0.925. The van der Waals surface area contributed by atoms with E-state index in [0.29, 0.717) is 10.5 Å². The highest BCUT2D eigenvalue weighted by molar-refractivity contribution is 7.99. The molecule has 0 radical (unpaired) electrons. The largest absolute Gasteiger partial charge is 0.409 e. The number of amidine groups is 1. The lowest BCUT2D eigenvalue weighted by Gasteiger charge is -2.06. The van der Waals surface area contributed by atoms with Gasteiger partial charge in [-0.05, 0) is 30.3 Å². The molecule has 0 aliphatic heterocycles. The van der Waals surface area contributed by atoms with Gasteiger partial charge < -0.3 is 10.9 Å². The van der Waals surface area contributed by atoms with Crippen molar-refractivity contribution in [2.45, 2.75) is 9.79 Å². The Kier molecular flexibility index (Phi) is 4.46. The smallest absolute Gasteiger partial charge is 0.171 e. The van der Waals surface area contributed by atoms with Crippen LogP contribution in [0.5, 0.6) is 0 Å². The molecular formula is C13H9ClF2N2OS. The first kappa shape index (κ1) is 14.6. The Bertz CT molecular complexity index is 679. The number of nitrogens with zero attached hydrogens (tertiary/aromatic N) is 1. The van der Waals surface area contributed by atoms with Gasteiger partial charge in [0, 0.05) is 21.4 Å². The Hall–Kier alpha value is -1.79. The number of hydrogen-bond donors (Lipinski definition) is 2. The molecule has 0 atom stereocenters. The molecule has 0 saturated carbocycles. The molecule has 0 amide bonds. The van der Waals surface area contributed by atoms with Crippen molar-refractivity contribution >= 4 is 29.2 Å². The number of nitrogens with two attached hydrogens (primary N) is 1. The van der Waals surface area contributed by atoms with Gasteiger partial charge in [0.2, 0.25) is 0 Å². The zero-order valence-corrected chi connectivity index (χ0v) is 11.6. The second-order valence-corrected chi connectivity index (χ2v) is 5.33. The number of halogens is 3. The monoisotopic (exact) mass is 314 g/mol. The van der Waals surface area contributed by atoms with Crippen molar-refractivity contribution in [3.63, 3.8) is 0 Å². The first-order valence-electron chi connectivity index (χ1n) is 5.41. The summed E-state index contributed by atoms with van der Waals surface area (Å²) in [6, 6.07) is 8.10. The summed E-state index contributed by atoms with van der Waals surface area (Å²) >= 11 is 7.09. The fourth-order valence-electron chi connectivity index (χ4n) is 1.51. The Morgan fingerprint density at radius 3 is 2.55 bits per heavy atom. The standard InChI is InChI=1S/C13H9ClF2N2OS/c14-10-6-8(2-3-9(10)13(17)18-19)20-12-4-1-7(15)5-11(12)16/h1-6,19H,(H2,17,18). The average Bonchev–Trinajstić information content (AvgIpc) is 2.41. The lowest BCUT2D eigenvalue weighted by Crippen LogP contribution is -2.13. The Morgan fingerprint density at radius 2 is 1.95 bits per heavy atom. The molecule has 0 fully saturated rings. The third-order valence-electron chi connectivity index (χ3n) is 2.45. The molecule has 0 saturated heterocycles. The van der Waals surface area contributed by atoms with Crippen LogP contribution in [-0.2, 0) is 0 Å². The average molecular weight is 315 g/mol. The third kappa shape index (κ3) is 3.20. The third-order valence-corrected chi connectivity index (χ3v) is 3.80. The molecule has 2 aromatic carbocycles. The van der Waals surface area contributed by atoms with Gasteiger partial charge in [-0.3, -0.25) is 0 Å². The van der Waals surface area contributed by atoms with E-state index in [1.54, 1.807) is 18.2 Å². The number of oxime groups is 1. The molecule has 3 N–H and O–H groups in total. The maximum Gasteiger partial charge on any atom is 0.171 e. The van der Waals surface area contributed by atoms with Crippen molar-refractivity contribution in [2.24, 2.45) is 10.9 Å². The van der Waals surface area contributed by atoms with Gasteiger partial charge in [-0.25, -0.2) is 8.78 Å². The molecule has 20 heavy (non-hydrogen) atoms. The van der Waals surface area contributed by atoms with Crippen LogP contribution in [0.15, 0.2) is 51.3 Å². The van der Waals surface area contributed by atoms with Gasteiger partial charge in [0.25, 0.3) is 0 Å². The second kappa shape index (κ2) is 6.11. The molecule has 0 unspecified atom stereocenters. The lowest BCUT2D eigenvalue weighted by atomic mass is 10.2. The molecule has 2 aromatic rings. The molecule has 0 aromatic heterocycles. The maximum absolute atomic E-state index is 13.5. The van der Waals surface area contributed by atoms with Gasteiger partial charge in [-0.15, -0.1) is 0 Å². The van der Waals surface area contributed by atoms with E-state index in [1.165, 1.54) is 12.1 Å². The number of benzene rings is 2. The predicted molar refractivity (Wildman–Crippen MR) is 74.4 cm³/mol. The molecule has 104 valence electrons. The first-order chi connectivity index (χ1) is 9.51. The minimum absolute atomic E-state index is 0.112. The van der Waals surface area contributed by atoms with Crippen LogP contribution in [0.1, 0.15) is 5.56 Å². The van der Waals surface area contributed by atoms with E-state index in [9.17, 15) is 8.78 Å². The number of rotatable bonds is 3. The summed E-state index contributed by atoms with van der Waals surface area (Å²) in [6.45, 7) is 0. The van der Waals surface area contributed by atoms with Gasteiger partial charge in [-0.2, -0.15) is 0 Å². The highest BCUT2D eigenvalue weighted by Crippen LogP contribution is 2.32. The predicted octanol–water partition coefficient (Wildman–Crippen LogP) is 3.86. The minimum Gasteiger partial charge on any atom is -0.409 e. The molecule has 3 nitrogen and oxygen atoms in total. The van der Waals surface area contributed by atoms with E-state index in [1.807, 2.05) is 0 Å². The van der Waals surface area contributed by atoms with Gasteiger partial charge in [-0.1, -0.05) is 28.5 Å². The molecule has 0 aliphatic carbocycles. The van der Waals surface area contributed by atoms with E-state index in [-0.39, 0.29) is 15.8 Å². The van der Waals surface area contributed by atoms with Crippen molar-refractivity contribution in [3.05, 3.63) is 58.6 Å². The highest BCUT2D eigenvalue weighted by atomic mass is 35.5. The Morgan fingerprint density at radius 1 is 1.20 bits per heavy atom. The van der Waals surface area contributed by atoms with E-state index in [0.717, 1.165) is 17.8 Å². The zero-order chi connectivity index (χ0) is 14.7. The van der Waals surface area contributed by atoms with Crippen molar-refractivity contribution in [3.8, 4) is 0 Å². The fourth-order valence-corrected chi connectivity index (χ4v) is 2.71.